The number of likely N-dealkylation sites (N-methyl/N-ethyl adjacent to an activating group) is 1. The number of nitrogens with zero attached hydrogens (tertiary/aromatic N) is 2. The van der Waals surface area contributed by atoms with Crippen molar-refractivity contribution >= 4 is 28.8 Å². The van der Waals surface area contributed by atoms with Crippen molar-refractivity contribution in [1.29, 1.82) is 0 Å². The standard InChI is InChI=1S/C16H17ClN2OS/c1-18-8-10-19(11-9-18)16(21)15-7-6-14(20-15)12-4-2-3-5-13(12)17/h2-7H,8-11H2,1H3. The lowest BCUT2D eigenvalue weighted by Gasteiger charge is -2.33. The van der Waals surface area contributed by atoms with Gasteiger partial charge in [-0.1, -0.05) is 36.0 Å². The summed E-state index contributed by atoms with van der Waals surface area (Å²) in [5.41, 5.74) is 0.895. The Labute approximate surface area is 135 Å². The minimum atomic E-state index is 0.684. The molecule has 0 unspecified atom stereocenters. The third-order valence-electron chi connectivity index (χ3n) is 3.75. The van der Waals surface area contributed by atoms with Crippen molar-refractivity contribution in [1.82, 2.24) is 9.80 Å². The van der Waals surface area contributed by atoms with Gasteiger partial charge in [0.05, 0.1) is 5.02 Å². The van der Waals surface area contributed by atoms with Crippen LogP contribution in [0.5, 0.6) is 0 Å². The normalized spacial score (nSPS) is 16.2. The number of hydrogen-bond donors (Lipinski definition) is 0. The van der Waals surface area contributed by atoms with E-state index in [4.69, 9.17) is 28.2 Å². The van der Waals surface area contributed by atoms with Gasteiger partial charge in [0.1, 0.15) is 10.7 Å². The Morgan fingerprint density at radius 3 is 2.52 bits per heavy atom. The zero-order valence-electron chi connectivity index (χ0n) is 11.9. The number of benzene rings is 1. The first-order chi connectivity index (χ1) is 10.1. The maximum Gasteiger partial charge on any atom is 0.162 e. The molecule has 3 nitrogen and oxygen atoms in total. The number of hydrogen-bond acceptors (Lipinski definition) is 3. The Kier molecular flexibility index (Phi) is 4.29. The van der Waals surface area contributed by atoms with Crippen LogP contribution in [0.2, 0.25) is 5.02 Å². The smallest absolute Gasteiger partial charge is 0.162 e. The highest BCUT2D eigenvalue weighted by Gasteiger charge is 2.20. The van der Waals surface area contributed by atoms with Crippen LogP contribution < -0.4 is 0 Å². The van der Waals surface area contributed by atoms with Crippen molar-refractivity contribution in [2.45, 2.75) is 0 Å². The molecule has 0 spiro atoms. The number of thiocarbonyl (C=S) groups is 1. The molecule has 0 aliphatic carbocycles. The Balaban J connectivity index is 1.79. The van der Waals surface area contributed by atoms with Gasteiger partial charge < -0.3 is 14.2 Å². The summed E-state index contributed by atoms with van der Waals surface area (Å²) in [7, 11) is 2.13. The molecule has 1 aliphatic rings. The molecule has 0 amide bonds. The Bertz CT molecular complexity index is 647. The lowest BCUT2D eigenvalue weighted by molar-refractivity contribution is 0.216. The van der Waals surface area contributed by atoms with Crippen molar-refractivity contribution in [3.8, 4) is 11.3 Å². The van der Waals surface area contributed by atoms with Crippen LogP contribution in [0, 0.1) is 0 Å². The van der Waals surface area contributed by atoms with Crippen LogP contribution in [-0.2, 0) is 0 Å². The lowest BCUT2D eigenvalue weighted by Crippen LogP contribution is -2.46. The number of rotatable bonds is 2. The molecular weight excluding hydrogens is 304 g/mol. The van der Waals surface area contributed by atoms with E-state index in [9.17, 15) is 0 Å². The minimum Gasteiger partial charge on any atom is -0.454 e. The maximum atomic E-state index is 6.20. The second-order valence-corrected chi connectivity index (χ2v) is 6.03. The third kappa shape index (κ3) is 3.12. The third-order valence-corrected chi connectivity index (χ3v) is 4.54. The van der Waals surface area contributed by atoms with Crippen molar-refractivity contribution < 1.29 is 4.42 Å². The van der Waals surface area contributed by atoms with Gasteiger partial charge in [0, 0.05) is 31.7 Å². The van der Waals surface area contributed by atoms with E-state index < -0.39 is 0 Å². The predicted octanol–water partition coefficient (Wildman–Crippen LogP) is 3.52. The zero-order valence-corrected chi connectivity index (χ0v) is 13.5. The van der Waals surface area contributed by atoms with Crippen LogP contribution in [0.15, 0.2) is 40.8 Å². The molecule has 110 valence electrons. The van der Waals surface area contributed by atoms with Crippen molar-refractivity contribution in [2.24, 2.45) is 0 Å². The second kappa shape index (κ2) is 6.18. The maximum absolute atomic E-state index is 6.20. The number of furan rings is 1. The van der Waals surface area contributed by atoms with Crippen LogP contribution in [0.25, 0.3) is 11.3 Å². The SMILES string of the molecule is CN1CCN(C(=S)c2ccc(-c3ccccc3Cl)o2)CC1. The van der Waals surface area contributed by atoms with Gasteiger partial charge in [-0.25, -0.2) is 0 Å². The van der Waals surface area contributed by atoms with Gasteiger partial charge in [-0.2, -0.15) is 0 Å². The highest BCUT2D eigenvalue weighted by Crippen LogP contribution is 2.29. The molecule has 0 bridgehead atoms. The van der Waals surface area contributed by atoms with Crippen molar-refractivity contribution in [3.63, 3.8) is 0 Å². The van der Waals surface area contributed by atoms with Gasteiger partial charge in [-0.3, -0.25) is 0 Å². The Morgan fingerprint density at radius 1 is 1.10 bits per heavy atom. The van der Waals surface area contributed by atoms with E-state index in [-0.39, 0.29) is 0 Å². The van der Waals surface area contributed by atoms with Crippen LogP contribution in [0.1, 0.15) is 5.76 Å². The average molecular weight is 321 g/mol. The van der Waals surface area contributed by atoms with E-state index in [0.717, 1.165) is 48.3 Å². The summed E-state index contributed by atoms with van der Waals surface area (Å²) < 4.78 is 5.91. The fourth-order valence-electron chi connectivity index (χ4n) is 2.42. The summed E-state index contributed by atoms with van der Waals surface area (Å²) in [5.74, 6) is 1.50. The average Bonchev–Trinajstić information content (AvgIpc) is 2.97. The molecule has 0 atom stereocenters. The first-order valence-corrected chi connectivity index (χ1v) is 7.76. The molecule has 0 radical (unpaired) electrons. The van der Waals surface area contributed by atoms with Gasteiger partial charge in [0.25, 0.3) is 0 Å². The van der Waals surface area contributed by atoms with Crippen molar-refractivity contribution in [2.75, 3.05) is 33.2 Å². The predicted molar refractivity (Wildman–Crippen MR) is 89.9 cm³/mol. The van der Waals surface area contributed by atoms with Gasteiger partial charge >= 0.3 is 0 Å². The molecule has 2 aromatic rings. The quantitative estimate of drug-likeness (QED) is 0.788. The molecule has 3 rings (SSSR count). The highest BCUT2D eigenvalue weighted by atomic mass is 35.5. The Morgan fingerprint density at radius 2 is 1.81 bits per heavy atom. The zero-order chi connectivity index (χ0) is 14.8. The molecule has 0 N–H and O–H groups in total. The highest BCUT2D eigenvalue weighted by molar-refractivity contribution is 7.80. The van der Waals surface area contributed by atoms with Crippen LogP contribution in [-0.4, -0.2) is 48.0 Å². The van der Waals surface area contributed by atoms with Crippen LogP contribution in [0.3, 0.4) is 0 Å². The van der Waals surface area contributed by atoms with Gasteiger partial charge in [-0.05, 0) is 31.3 Å². The van der Waals surface area contributed by atoms with E-state index in [1.165, 1.54) is 0 Å². The molecule has 1 aliphatic heterocycles. The summed E-state index contributed by atoms with van der Waals surface area (Å²) in [6.07, 6.45) is 0. The molecule has 1 aromatic carbocycles. The molecule has 5 heteroatoms. The summed E-state index contributed by atoms with van der Waals surface area (Å²) in [5, 5.41) is 0.684. The monoisotopic (exact) mass is 320 g/mol. The number of halogens is 1. The van der Waals surface area contributed by atoms with Gasteiger partial charge in [0.15, 0.2) is 5.76 Å². The summed E-state index contributed by atoms with van der Waals surface area (Å²) in [4.78, 5) is 5.28. The summed E-state index contributed by atoms with van der Waals surface area (Å²) >= 11 is 11.8. The Hall–Kier alpha value is -1.36. The van der Waals surface area contributed by atoms with Crippen LogP contribution in [0.4, 0.5) is 0 Å². The minimum absolute atomic E-state index is 0.684. The largest absolute Gasteiger partial charge is 0.454 e. The van der Waals surface area contributed by atoms with Gasteiger partial charge in [-0.15, -0.1) is 0 Å². The molecule has 1 fully saturated rings. The fraction of sp³-hybridized carbons (Fsp3) is 0.312. The fourth-order valence-corrected chi connectivity index (χ4v) is 2.95. The molecule has 21 heavy (non-hydrogen) atoms. The first kappa shape index (κ1) is 14.6. The van der Waals surface area contributed by atoms with Crippen LogP contribution >= 0.6 is 23.8 Å². The van der Waals surface area contributed by atoms with E-state index in [1.807, 2.05) is 36.4 Å². The van der Waals surface area contributed by atoms with Crippen molar-refractivity contribution in [3.05, 3.63) is 47.2 Å². The first-order valence-electron chi connectivity index (χ1n) is 6.98. The molecule has 2 heterocycles. The molecule has 1 aromatic heterocycles. The molecular formula is C16H17ClN2OS. The van der Waals surface area contributed by atoms with E-state index in [2.05, 4.69) is 16.8 Å². The second-order valence-electron chi connectivity index (χ2n) is 5.24. The van der Waals surface area contributed by atoms with E-state index in [1.54, 1.807) is 0 Å². The van der Waals surface area contributed by atoms with E-state index >= 15 is 0 Å². The van der Waals surface area contributed by atoms with Gasteiger partial charge in [0.2, 0.25) is 0 Å². The number of piperazine rings is 1. The summed E-state index contributed by atoms with van der Waals surface area (Å²) in [6.45, 7) is 3.94. The summed E-state index contributed by atoms with van der Waals surface area (Å²) in [6, 6.07) is 11.5. The molecule has 1 saturated heterocycles. The lowest BCUT2D eigenvalue weighted by atomic mass is 10.2. The van der Waals surface area contributed by atoms with E-state index in [0.29, 0.717) is 5.02 Å². The molecule has 0 saturated carbocycles. The topological polar surface area (TPSA) is 19.6 Å².